The van der Waals surface area contributed by atoms with Gasteiger partial charge in [-0.25, -0.2) is 0 Å². The van der Waals surface area contributed by atoms with Crippen molar-refractivity contribution >= 4 is 5.91 Å². The van der Waals surface area contributed by atoms with Gasteiger partial charge < -0.3 is 16.2 Å². The second-order valence-corrected chi connectivity index (χ2v) is 6.21. The van der Waals surface area contributed by atoms with Crippen molar-refractivity contribution in [2.45, 2.75) is 69.4 Å². The molecule has 0 radical (unpaired) electrons. The molecular formula is C14H26N2O2. The topological polar surface area (TPSA) is 75.4 Å². The number of nitrogens with one attached hydrogen (secondary N) is 1. The van der Waals surface area contributed by atoms with Crippen LogP contribution in [0.15, 0.2) is 0 Å². The number of hydrogen-bond acceptors (Lipinski definition) is 3. The Morgan fingerprint density at radius 3 is 2.39 bits per heavy atom. The first-order chi connectivity index (χ1) is 8.61. The van der Waals surface area contributed by atoms with Gasteiger partial charge in [-0.15, -0.1) is 0 Å². The summed E-state index contributed by atoms with van der Waals surface area (Å²) in [4.78, 5) is 12.0. The number of aliphatic hydroxyl groups excluding tert-OH is 1. The van der Waals surface area contributed by atoms with Crippen molar-refractivity contribution in [1.29, 1.82) is 0 Å². The molecule has 2 rings (SSSR count). The fourth-order valence-corrected chi connectivity index (χ4v) is 3.34. The average Bonchev–Trinajstić information content (AvgIpc) is 2.76. The van der Waals surface area contributed by atoms with Gasteiger partial charge in [-0.1, -0.05) is 12.8 Å². The maximum Gasteiger partial charge on any atom is 0.222 e. The summed E-state index contributed by atoms with van der Waals surface area (Å²) in [5.41, 5.74) is 5.97. The normalized spacial score (nSPS) is 31.2. The Hall–Kier alpha value is -0.610. The van der Waals surface area contributed by atoms with Gasteiger partial charge in [0.2, 0.25) is 5.91 Å². The smallest absolute Gasteiger partial charge is 0.222 e. The summed E-state index contributed by atoms with van der Waals surface area (Å²) in [6.07, 6.45) is 8.80. The summed E-state index contributed by atoms with van der Waals surface area (Å²) in [5.74, 6) is 0.556. The summed E-state index contributed by atoms with van der Waals surface area (Å²) in [7, 11) is 0. The maximum absolute atomic E-state index is 12.0. The zero-order valence-electron chi connectivity index (χ0n) is 11.2. The van der Waals surface area contributed by atoms with Crippen LogP contribution >= 0.6 is 0 Å². The molecule has 0 heterocycles. The number of carbonyl (C=O) groups excluding carboxylic acids is 1. The molecule has 2 saturated carbocycles. The number of carbonyl (C=O) groups is 1. The van der Waals surface area contributed by atoms with Gasteiger partial charge in [0.1, 0.15) is 0 Å². The Balaban J connectivity index is 1.71. The highest BCUT2D eigenvalue weighted by Gasteiger charge is 2.32. The lowest BCUT2D eigenvalue weighted by Gasteiger charge is -2.29. The first kappa shape index (κ1) is 13.8. The van der Waals surface area contributed by atoms with Gasteiger partial charge in [0.25, 0.3) is 0 Å². The molecule has 4 nitrogen and oxygen atoms in total. The van der Waals surface area contributed by atoms with E-state index in [1.54, 1.807) is 0 Å². The van der Waals surface area contributed by atoms with Crippen molar-refractivity contribution in [3.63, 3.8) is 0 Å². The van der Waals surface area contributed by atoms with Gasteiger partial charge in [0.05, 0.1) is 0 Å². The third-order valence-corrected chi connectivity index (χ3v) is 4.58. The van der Waals surface area contributed by atoms with E-state index < -0.39 is 0 Å². The Kier molecular flexibility index (Phi) is 4.62. The SMILES string of the molecule is NC1(CC(=O)NC2CCC(CO)CC2)CCCC1. The molecule has 0 bridgehead atoms. The molecule has 0 aromatic rings. The largest absolute Gasteiger partial charge is 0.396 e. The first-order valence-corrected chi connectivity index (χ1v) is 7.30. The van der Waals surface area contributed by atoms with E-state index in [4.69, 9.17) is 10.8 Å². The molecule has 104 valence electrons. The molecule has 0 aliphatic heterocycles. The second kappa shape index (κ2) is 6.02. The minimum absolute atomic E-state index is 0.117. The molecule has 0 saturated heterocycles. The molecule has 4 heteroatoms. The van der Waals surface area contributed by atoms with E-state index in [1.165, 1.54) is 0 Å². The van der Waals surface area contributed by atoms with Crippen LogP contribution in [-0.2, 0) is 4.79 Å². The lowest BCUT2D eigenvalue weighted by Crippen LogP contribution is -2.45. The second-order valence-electron chi connectivity index (χ2n) is 6.21. The molecule has 4 N–H and O–H groups in total. The van der Waals surface area contributed by atoms with E-state index in [1.807, 2.05) is 0 Å². The summed E-state index contributed by atoms with van der Waals surface area (Å²) in [6, 6.07) is 0.297. The summed E-state index contributed by atoms with van der Waals surface area (Å²) >= 11 is 0. The summed E-state index contributed by atoms with van der Waals surface area (Å²) in [5, 5.41) is 12.2. The Bertz CT molecular complexity index is 280. The zero-order valence-corrected chi connectivity index (χ0v) is 11.2. The molecule has 18 heavy (non-hydrogen) atoms. The third kappa shape index (κ3) is 3.69. The summed E-state index contributed by atoms with van der Waals surface area (Å²) in [6.45, 7) is 0.284. The van der Waals surface area contributed by atoms with Crippen LogP contribution < -0.4 is 11.1 Å². The van der Waals surface area contributed by atoms with Gasteiger partial charge in [-0.2, -0.15) is 0 Å². The molecule has 1 amide bonds. The highest BCUT2D eigenvalue weighted by Crippen LogP contribution is 2.30. The number of hydrogen-bond donors (Lipinski definition) is 3. The van der Waals surface area contributed by atoms with E-state index >= 15 is 0 Å². The minimum atomic E-state index is -0.244. The number of amides is 1. The van der Waals surface area contributed by atoms with E-state index in [-0.39, 0.29) is 18.1 Å². The van der Waals surface area contributed by atoms with E-state index in [2.05, 4.69) is 5.32 Å². The molecule has 0 aromatic heterocycles. The van der Waals surface area contributed by atoms with Crippen molar-refractivity contribution in [3.8, 4) is 0 Å². The van der Waals surface area contributed by atoms with Gasteiger partial charge in [-0.05, 0) is 44.4 Å². The fraction of sp³-hybridized carbons (Fsp3) is 0.929. The van der Waals surface area contributed by atoms with E-state index in [0.717, 1.165) is 51.4 Å². The number of nitrogens with two attached hydrogens (primary N) is 1. The monoisotopic (exact) mass is 254 g/mol. The van der Waals surface area contributed by atoms with Gasteiger partial charge >= 0.3 is 0 Å². The number of aliphatic hydroxyl groups is 1. The van der Waals surface area contributed by atoms with Crippen LogP contribution in [0.25, 0.3) is 0 Å². The van der Waals surface area contributed by atoms with Crippen LogP contribution in [0.1, 0.15) is 57.8 Å². The highest BCUT2D eigenvalue weighted by atomic mass is 16.3. The Morgan fingerprint density at radius 2 is 1.83 bits per heavy atom. The lowest BCUT2D eigenvalue weighted by atomic mass is 9.86. The number of rotatable bonds is 4. The van der Waals surface area contributed by atoms with Crippen LogP contribution in [0.2, 0.25) is 0 Å². The molecule has 2 aliphatic rings. The molecule has 0 atom stereocenters. The predicted octanol–water partition coefficient (Wildman–Crippen LogP) is 1.32. The van der Waals surface area contributed by atoms with Crippen LogP contribution in [0.3, 0.4) is 0 Å². The van der Waals surface area contributed by atoms with E-state index in [9.17, 15) is 4.79 Å². The van der Waals surface area contributed by atoms with Gasteiger partial charge in [0.15, 0.2) is 0 Å². The zero-order chi connectivity index (χ0) is 13.0. The van der Waals surface area contributed by atoms with Crippen LogP contribution in [-0.4, -0.2) is 29.2 Å². The third-order valence-electron chi connectivity index (χ3n) is 4.58. The summed E-state index contributed by atoms with van der Waals surface area (Å²) < 4.78 is 0. The van der Waals surface area contributed by atoms with Crippen molar-refractivity contribution in [2.75, 3.05) is 6.61 Å². The molecular weight excluding hydrogens is 228 g/mol. The van der Waals surface area contributed by atoms with Crippen molar-refractivity contribution in [3.05, 3.63) is 0 Å². The Labute approximate surface area is 109 Å². The van der Waals surface area contributed by atoms with Crippen LogP contribution in [0, 0.1) is 5.92 Å². The molecule has 0 aromatic carbocycles. The van der Waals surface area contributed by atoms with Crippen molar-refractivity contribution in [2.24, 2.45) is 11.7 Å². The molecule has 2 aliphatic carbocycles. The maximum atomic E-state index is 12.0. The van der Waals surface area contributed by atoms with Crippen LogP contribution in [0.4, 0.5) is 0 Å². The van der Waals surface area contributed by atoms with Gasteiger partial charge in [-0.3, -0.25) is 4.79 Å². The fourth-order valence-electron chi connectivity index (χ4n) is 3.34. The molecule has 0 spiro atoms. The first-order valence-electron chi connectivity index (χ1n) is 7.30. The quantitative estimate of drug-likeness (QED) is 0.708. The average molecular weight is 254 g/mol. The van der Waals surface area contributed by atoms with Crippen LogP contribution in [0.5, 0.6) is 0 Å². The molecule has 0 unspecified atom stereocenters. The Morgan fingerprint density at radius 1 is 1.22 bits per heavy atom. The predicted molar refractivity (Wildman–Crippen MR) is 71.0 cm³/mol. The van der Waals surface area contributed by atoms with Crippen molar-refractivity contribution < 1.29 is 9.90 Å². The minimum Gasteiger partial charge on any atom is -0.396 e. The molecule has 2 fully saturated rings. The highest BCUT2D eigenvalue weighted by molar-refractivity contribution is 5.77. The standard InChI is InChI=1S/C14H26N2O2/c15-14(7-1-2-8-14)9-13(18)16-12-5-3-11(10-17)4-6-12/h11-12,17H,1-10,15H2,(H,16,18). The van der Waals surface area contributed by atoms with Crippen molar-refractivity contribution in [1.82, 2.24) is 5.32 Å². The lowest BCUT2D eigenvalue weighted by molar-refractivity contribution is -0.123. The van der Waals surface area contributed by atoms with Gasteiger partial charge in [0, 0.05) is 24.6 Å². The van der Waals surface area contributed by atoms with E-state index in [0.29, 0.717) is 18.4 Å².